The van der Waals surface area contributed by atoms with Gasteiger partial charge in [-0.05, 0) is 33.0 Å². The van der Waals surface area contributed by atoms with Gasteiger partial charge in [-0.2, -0.15) is 0 Å². The molecule has 2 amide bonds. The largest absolute Gasteiger partial charge is 0.353 e. The van der Waals surface area contributed by atoms with Gasteiger partial charge in [0.25, 0.3) is 5.91 Å². The van der Waals surface area contributed by atoms with Gasteiger partial charge in [-0.15, -0.1) is 11.8 Å². The highest BCUT2D eigenvalue weighted by molar-refractivity contribution is 8.00. The third kappa shape index (κ3) is 6.07. The zero-order valence-corrected chi connectivity index (χ0v) is 14.5. The van der Waals surface area contributed by atoms with Crippen molar-refractivity contribution in [2.75, 3.05) is 32.9 Å². The highest BCUT2D eigenvalue weighted by atomic mass is 32.2. The molecule has 0 fully saturated rings. The normalized spacial score (nSPS) is 10.6. The van der Waals surface area contributed by atoms with Crippen LogP contribution in [0.3, 0.4) is 0 Å². The number of rotatable bonds is 8. The SMILES string of the molecule is CNCCN(C)C(=O)c1ccccc1SCC(=O)NC(C)C. The Morgan fingerprint density at radius 3 is 2.59 bits per heavy atom. The lowest BCUT2D eigenvalue weighted by molar-refractivity contribution is -0.119. The molecule has 0 bridgehead atoms. The average Bonchev–Trinajstić information content (AvgIpc) is 2.49. The summed E-state index contributed by atoms with van der Waals surface area (Å²) in [6.45, 7) is 5.24. The van der Waals surface area contributed by atoms with E-state index in [0.29, 0.717) is 17.9 Å². The molecule has 0 radical (unpaired) electrons. The second kappa shape index (κ2) is 9.48. The molecule has 5 nitrogen and oxygen atoms in total. The fourth-order valence-electron chi connectivity index (χ4n) is 1.86. The van der Waals surface area contributed by atoms with Crippen LogP contribution in [0.5, 0.6) is 0 Å². The average molecular weight is 323 g/mol. The molecule has 0 aromatic heterocycles. The van der Waals surface area contributed by atoms with Crippen LogP contribution in [0.2, 0.25) is 0 Å². The predicted molar refractivity (Wildman–Crippen MR) is 91.3 cm³/mol. The molecule has 122 valence electrons. The minimum absolute atomic E-state index is 0.0224. The number of benzene rings is 1. The van der Waals surface area contributed by atoms with Gasteiger partial charge in [-0.25, -0.2) is 0 Å². The van der Waals surface area contributed by atoms with Crippen LogP contribution in [0.4, 0.5) is 0 Å². The number of hydrogen-bond donors (Lipinski definition) is 2. The standard InChI is InChI=1S/C16H25N3O2S/c1-12(2)18-15(20)11-22-14-8-6-5-7-13(14)16(21)19(4)10-9-17-3/h5-8,12,17H,9-11H2,1-4H3,(H,18,20). The van der Waals surface area contributed by atoms with Crippen molar-refractivity contribution in [2.24, 2.45) is 0 Å². The van der Waals surface area contributed by atoms with Gasteiger partial charge in [0, 0.05) is 31.1 Å². The van der Waals surface area contributed by atoms with Gasteiger partial charge in [0.1, 0.15) is 0 Å². The molecule has 0 aliphatic carbocycles. The topological polar surface area (TPSA) is 61.4 Å². The van der Waals surface area contributed by atoms with Crippen LogP contribution in [0, 0.1) is 0 Å². The van der Waals surface area contributed by atoms with Gasteiger partial charge in [-0.3, -0.25) is 9.59 Å². The fraction of sp³-hybridized carbons (Fsp3) is 0.500. The molecular weight excluding hydrogens is 298 g/mol. The van der Waals surface area contributed by atoms with Crippen LogP contribution in [0.15, 0.2) is 29.2 Å². The number of thioether (sulfide) groups is 1. The minimum atomic E-state index is -0.0254. The summed E-state index contributed by atoms with van der Waals surface area (Å²) in [7, 11) is 3.64. The fourth-order valence-corrected chi connectivity index (χ4v) is 2.72. The number of amides is 2. The van der Waals surface area contributed by atoms with E-state index in [0.717, 1.165) is 11.4 Å². The van der Waals surface area contributed by atoms with Crippen molar-refractivity contribution in [3.05, 3.63) is 29.8 Å². The summed E-state index contributed by atoms with van der Waals surface area (Å²) in [5.74, 6) is 0.260. The van der Waals surface area contributed by atoms with E-state index in [2.05, 4.69) is 10.6 Å². The number of likely N-dealkylation sites (N-methyl/N-ethyl adjacent to an activating group) is 2. The maximum absolute atomic E-state index is 12.5. The highest BCUT2D eigenvalue weighted by Gasteiger charge is 2.16. The van der Waals surface area contributed by atoms with E-state index in [-0.39, 0.29) is 17.9 Å². The van der Waals surface area contributed by atoms with E-state index in [1.54, 1.807) is 18.0 Å². The summed E-state index contributed by atoms with van der Waals surface area (Å²) in [4.78, 5) is 26.7. The molecule has 1 aromatic carbocycles. The number of nitrogens with zero attached hydrogens (tertiary/aromatic N) is 1. The Kier molecular flexibility index (Phi) is 7.98. The molecule has 0 heterocycles. The number of carbonyl (C=O) groups is 2. The molecule has 2 N–H and O–H groups in total. The van der Waals surface area contributed by atoms with Crippen molar-refractivity contribution in [1.29, 1.82) is 0 Å². The number of hydrogen-bond acceptors (Lipinski definition) is 4. The summed E-state index contributed by atoms with van der Waals surface area (Å²) >= 11 is 1.39. The molecule has 0 spiro atoms. The molecule has 22 heavy (non-hydrogen) atoms. The molecule has 0 aliphatic heterocycles. The Hall–Kier alpha value is -1.53. The molecular formula is C16H25N3O2S. The van der Waals surface area contributed by atoms with Crippen LogP contribution in [0.25, 0.3) is 0 Å². The van der Waals surface area contributed by atoms with Gasteiger partial charge in [0.05, 0.1) is 11.3 Å². The van der Waals surface area contributed by atoms with Gasteiger partial charge < -0.3 is 15.5 Å². The number of carbonyl (C=O) groups excluding carboxylic acids is 2. The van der Waals surface area contributed by atoms with Crippen molar-refractivity contribution in [2.45, 2.75) is 24.8 Å². The quantitative estimate of drug-likeness (QED) is 0.713. The van der Waals surface area contributed by atoms with Crippen molar-refractivity contribution in [3.63, 3.8) is 0 Å². The van der Waals surface area contributed by atoms with E-state index in [4.69, 9.17) is 0 Å². The lowest BCUT2D eigenvalue weighted by atomic mass is 10.2. The highest BCUT2D eigenvalue weighted by Crippen LogP contribution is 2.23. The first kappa shape index (κ1) is 18.5. The Bertz CT molecular complexity index is 506. The van der Waals surface area contributed by atoms with Gasteiger partial charge >= 0.3 is 0 Å². The second-order valence-electron chi connectivity index (χ2n) is 5.34. The van der Waals surface area contributed by atoms with Gasteiger partial charge in [-0.1, -0.05) is 12.1 Å². The first-order chi connectivity index (χ1) is 10.5. The lowest BCUT2D eigenvalue weighted by Crippen LogP contribution is -2.33. The van der Waals surface area contributed by atoms with Crippen molar-refractivity contribution in [3.8, 4) is 0 Å². The van der Waals surface area contributed by atoms with E-state index < -0.39 is 0 Å². The Morgan fingerprint density at radius 1 is 1.27 bits per heavy atom. The molecule has 0 saturated carbocycles. The van der Waals surface area contributed by atoms with Gasteiger partial charge in [0.15, 0.2) is 0 Å². The molecule has 0 saturated heterocycles. The van der Waals surface area contributed by atoms with Crippen LogP contribution in [-0.4, -0.2) is 55.7 Å². The van der Waals surface area contributed by atoms with Crippen LogP contribution < -0.4 is 10.6 Å². The van der Waals surface area contributed by atoms with E-state index in [9.17, 15) is 9.59 Å². The van der Waals surface area contributed by atoms with E-state index in [1.807, 2.05) is 39.1 Å². The van der Waals surface area contributed by atoms with Crippen molar-refractivity contribution < 1.29 is 9.59 Å². The summed E-state index contributed by atoms with van der Waals surface area (Å²) in [5, 5.41) is 5.87. The first-order valence-corrected chi connectivity index (χ1v) is 8.35. The summed E-state index contributed by atoms with van der Waals surface area (Å²) in [6, 6.07) is 7.54. The maximum Gasteiger partial charge on any atom is 0.254 e. The zero-order chi connectivity index (χ0) is 16.5. The lowest BCUT2D eigenvalue weighted by Gasteiger charge is -2.18. The Balaban J connectivity index is 2.73. The van der Waals surface area contributed by atoms with Crippen molar-refractivity contribution in [1.82, 2.24) is 15.5 Å². The summed E-state index contributed by atoms with van der Waals surface area (Å²) in [6.07, 6.45) is 0. The van der Waals surface area contributed by atoms with Crippen LogP contribution in [-0.2, 0) is 4.79 Å². The van der Waals surface area contributed by atoms with Crippen molar-refractivity contribution >= 4 is 23.6 Å². The Morgan fingerprint density at radius 2 is 1.95 bits per heavy atom. The molecule has 0 aliphatic rings. The smallest absolute Gasteiger partial charge is 0.254 e. The molecule has 1 aromatic rings. The molecule has 1 rings (SSSR count). The monoisotopic (exact) mass is 323 g/mol. The minimum Gasteiger partial charge on any atom is -0.353 e. The number of nitrogens with one attached hydrogen (secondary N) is 2. The Labute approximate surface area is 136 Å². The predicted octanol–water partition coefficient (Wildman–Crippen LogP) is 1.59. The summed E-state index contributed by atoms with van der Waals surface area (Å²) in [5.41, 5.74) is 0.642. The maximum atomic E-state index is 12.5. The van der Waals surface area contributed by atoms with Crippen LogP contribution in [0.1, 0.15) is 24.2 Å². The van der Waals surface area contributed by atoms with Crippen LogP contribution >= 0.6 is 11.8 Å². The second-order valence-corrected chi connectivity index (χ2v) is 6.35. The molecule has 6 heteroatoms. The van der Waals surface area contributed by atoms with E-state index >= 15 is 0 Å². The van der Waals surface area contributed by atoms with Gasteiger partial charge in [0.2, 0.25) is 5.91 Å². The summed E-state index contributed by atoms with van der Waals surface area (Å²) < 4.78 is 0. The molecule has 0 atom stereocenters. The zero-order valence-electron chi connectivity index (χ0n) is 13.7. The van der Waals surface area contributed by atoms with E-state index in [1.165, 1.54) is 11.8 Å². The third-order valence-corrected chi connectivity index (χ3v) is 4.04. The third-order valence-electron chi connectivity index (χ3n) is 2.97. The molecule has 0 unspecified atom stereocenters. The first-order valence-electron chi connectivity index (χ1n) is 7.37.